The first kappa shape index (κ1) is 22.1. The van der Waals surface area contributed by atoms with Gasteiger partial charge in [-0.25, -0.2) is 9.78 Å². The van der Waals surface area contributed by atoms with Crippen LogP contribution in [0, 0.1) is 0 Å². The monoisotopic (exact) mass is 471 g/mol. The van der Waals surface area contributed by atoms with E-state index in [-0.39, 0.29) is 17.9 Å². The molecule has 0 unspecified atom stereocenters. The molecule has 0 radical (unpaired) electrons. The molecule has 10 heteroatoms. The number of hydrogen-bond acceptors (Lipinski definition) is 8. The first-order valence-electron chi connectivity index (χ1n) is 10.8. The van der Waals surface area contributed by atoms with Crippen molar-refractivity contribution in [2.24, 2.45) is 0 Å². The van der Waals surface area contributed by atoms with Crippen LogP contribution in [-0.4, -0.2) is 46.3 Å². The fraction of sp³-hybridized carbons (Fsp3) is 0.160. The van der Waals surface area contributed by atoms with Gasteiger partial charge in [-0.15, -0.1) is 0 Å². The van der Waals surface area contributed by atoms with Gasteiger partial charge in [0, 0.05) is 34.8 Å². The molecule has 3 heterocycles. The number of fused-ring (bicyclic) bond motifs is 1. The Labute approximate surface area is 200 Å². The predicted octanol–water partition coefficient (Wildman–Crippen LogP) is 3.79. The van der Waals surface area contributed by atoms with Gasteiger partial charge in [-0.1, -0.05) is 18.2 Å². The predicted molar refractivity (Wildman–Crippen MR) is 126 cm³/mol. The molecule has 1 aliphatic heterocycles. The van der Waals surface area contributed by atoms with Gasteiger partial charge in [0.1, 0.15) is 11.7 Å². The number of esters is 1. The van der Waals surface area contributed by atoms with E-state index >= 15 is 0 Å². The molecule has 2 N–H and O–H groups in total. The highest BCUT2D eigenvalue weighted by Gasteiger charge is 2.36. The van der Waals surface area contributed by atoms with Gasteiger partial charge in [0.25, 0.3) is 0 Å². The minimum Gasteiger partial charge on any atom is -0.493 e. The summed E-state index contributed by atoms with van der Waals surface area (Å²) in [7, 11) is 2.94. The maximum atomic E-state index is 12.8. The third-order valence-corrected chi connectivity index (χ3v) is 5.57. The smallest absolute Gasteiger partial charge is 0.343 e. The van der Waals surface area contributed by atoms with Crippen LogP contribution in [0.5, 0.6) is 11.5 Å². The number of rotatable bonds is 7. The van der Waals surface area contributed by atoms with E-state index < -0.39 is 12.1 Å². The van der Waals surface area contributed by atoms with E-state index in [1.54, 1.807) is 42.7 Å². The minimum atomic E-state index is -0.725. The molecule has 0 fully saturated rings. The number of cyclic esters (lactones) is 1. The van der Waals surface area contributed by atoms with Crippen LogP contribution in [0.4, 0.5) is 5.69 Å². The van der Waals surface area contributed by atoms with E-state index in [4.69, 9.17) is 14.2 Å². The maximum Gasteiger partial charge on any atom is 0.343 e. The summed E-state index contributed by atoms with van der Waals surface area (Å²) in [5, 5.41) is 10.0. The van der Waals surface area contributed by atoms with Crippen LogP contribution >= 0.6 is 0 Å². The lowest BCUT2D eigenvalue weighted by atomic mass is 10.0. The molecule has 10 nitrogen and oxygen atoms in total. The Kier molecular flexibility index (Phi) is 5.84. The third-order valence-electron chi connectivity index (χ3n) is 5.57. The van der Waals surface area contributed by atoms with Crippen molar-refractivity contribution in [2.75, 3.05) is 19.5 Å². The molecule has 0 bridgehead atoms. The molecule has 1 aliphatic rings. The summed E-state index contributed by atoms with van der Waals surface area (Å²) in [5.74, 6) is 0.935. The second-order valence-electron chi connectivity index (χ2n) is 7.74. The largest absolute Gasteiger partial charge is 0.493 e. The lowest BCUT2D eigenvalue weighted by Gasteiger charge is -2.13. The molecule has 0 aliphatic carbocycles. The highest BCUT2D eigenvalue weighted by Crippen LogP contribution is 2.43. The van der Waals surface area contributed by atoms with Crippen molar-refractivity contribution in [1.82, 2.24) is 20.2 Å². The number of methoxy groups -OCH3 is 2. The molecular formula is C25H21N5O5. The van der Waals surface area contributed by atoms with E-state index in [0.29, 0.717) is 34.4 Å². The van der Waals surface area contributed by atoms with Crippen molar-refractivity contribution in [3.05, 3.63) is 72.1 Å². The zero-order chi connectivity index (χ0) is 24.4. The van der Waals surface area contributed by atoms with Crippen LogP contribution in [-0.2, 0) is 9.53 Å². The summed E-state index contributed by atoms with van der Waals surface area (Å²) < 4.78 is 16.0. The average Bonchev–Trinajstić information content (AvgIpc) is 3.49. The summed E-state index contributed by atoms with van der Waals surface area (Å²) >= 11 is 0. The summed E-state index contributed by atoms with van der Waals surface area (Å²) in [6, 6.07) is 14.3. The Morgan fingerprint density at radius 3 is 2.74 bits per heavy atom. The molecule has 1 atom stereocenters. The molecular weight excluding hydrogens is 450 g/mol. The Bertz CT molecular complexity index is 1400. The molecule has 5 rings (SSSR count). The van der Waals surface area contributed by atoms with E-state index in [1.165, 1.54) is 14.2 Å². The number of nitrogens with zero attached hydrogens (tertiary/aromatic N) is 3. The van der Waals surface area contributed by atoms with Gasteiger partial charge in [0.15, 0.2) is 23.1 Å². The standard InChI is InChI=1S/C25H21N5O5/c1-33-18-9-8-17-19(35-25(32)21(17)22(18)34-2)12-20(31)27-16-7-3-5-14(11-16)23-28-24(30-29-23)15-6-4-10-26-13-15/h3-11,13,19H,12H2,1-2H3,(H,27,31)(H,28,29,30)/t19-/m1/s1. The van der Waals surface area contributed by atoms with Gasteiger partial charge in [-0.3, -0.25) is 14.9 Å². The molecule has 0 spiro atoms. The number of ether oxygens (including phenoxy) is 3. The minimum absolute atomic E-state index is 0.0497. The van der Waals surface area contributed by atoms with Crippen LogP contribution in [0.2, 0.25) is 0 Å². The number of hydrogen-bond donors (Lipinski definition) is 2. The number of anilines is 1. The zero-order valence-electron chi connectivity index (χ0n) is 18.9. The highest BCUT2D eigenvalue weighted by molar-refractivity contribution is 5.99. The van der Waals surface area contributed by atoms with Gasteiger partial charge < -0.3 is 19.5 Å². The second-order valence-corrected chi connectivity index (χ2v) is 7.74. The lowest BCUT2D eigenvalue weighted by Crippen LogP contribution is -2.15. The zero-order valence-corrected chi connectivity index (χ0v) is 18.9. The Balaban J connectivity index is 1.31. The average molecular weight is 471 g/mol. The fourth-order valence-electron chi connectivity index (χ4n) is 3.96. The van der Waals surface area contributed by atoms with Gasteiger partial charge in [0.2, 0.25) is 5.91 Å². The summed E-state index contributed by atoms with van der Waals surface area (Å²) in [6.07, 6.45) is 2.59. The van der Waals surface area contributed by atoms with Crippen LogP contribution in [0.25, 0.3) is 22.8 Å². The number of aromatic amines is 1. The SMILES string of the molecule is COc1ccc2c(c1OC)C(=O)O[C@@H]2CC(=O)Nc1cccc(-c2nc(-c3cccnc3)n[nH]2)c1. The summed E-state index contributed by atoms with van der Waals surface area (Å²) in [4.78, 5) is 33.9. The van der Waals surface area contributed by atoms with Crippen molar-refractivity contribution in [1.29, 1.82) is 0 Å². The quantitative estimate of drug-likeness (QED) is 0.390. The van der Waals surface area contributed by atoms with Gasteiger partial charge >= 0.3 is 5.97 Å². The molecule has 35 heavy (non-hydrogen) atoms. The number of pyridine rings is 1. The summed E-state index contributed by atoms with van der Waals surface area (Å²) in [6.45, 7) is 0. The maximum absolute atomic E-state index is 12.8. The number of nitrogens with one attached hydrogen (secondary N) is 2. The number of benzene rings is 2. The van der Waals surface area contributed by atoms with E-state index in [9.17, 15) is 9.59 Å². The number of carbonyl (C=O) groups excluding carboxylic acids is 2. The number of carbonyl (C=O) groups is 2. The molecule has 4 aromatic rings. The van der Waals surface area contributed by atoms with E-state index in [2.05, 4.69) is 25.5 Å². The van der Waals surface area contributed by atoms with E-state index in [1.807, 2.05) is 18.2 Å². The number of aromatic nitrogens is 4. The first-order valence-corrected chi connectivity index (χ1v) is 10.8. The first-order chi connectivity index (χ1) is 17.1. The number of H-pyrrole nitrogens is 1. The fourth-order valence-corrected chi connectivity index (χ4v) is 3.96. The van der Waals surface area contributed by atoms with Crippen molar-refractivity contribution in [3.63, 3.8) is 0 Å². The van der Waals surface area contributed by atoms with Crippen LogP contribution in [0.15, 0.2) is 60.9 Å². The van der Waals surface area contributed by atoms with Crippen molar-refractivity contribution in [2.45, 2.75) is 12.5 Å². The van der Waals surface area contributed by atoms with Crippen molar-refractivity contribution in [3.8, 4) is 34.3 Å². The Morgan fingerprint density at radius 1 is 1.11 bits per heavy atom. The topological polar surface area (TPSA) is 128 Å². The van der Waals surface area contributed by atoms with Gasteiger partial charge in [-0.05, 0) is 30.3 Å². The third kappa shape index (κ3) is 4.29. The lowest BCUT2D eigenvalue weighted by molar-refractivity contribution is -0.118. The molecule has 1 amide bonds. The molecule has 176 valence electrons. The molecule has 0 saturated carbocycles. The second kappa shape index (κ2) is 9.26. The van der Waals surface area contributed by atoms with Crippen molar-refractivity contribution < 1.29 is 23.8 Å². The number of amides is 1. The van der Waals surface area contributed by atoms with Crippen LogP contribution in [0.1, 0.15) is 28.4 Å². The Morgan fingerprint density at radius 2 is 1.97 bits per heavy atom. The van der Waals surface area contributed by atoms with Crippen LogP contribution in [0.3, 0.4) is 0 Å². The van der Waals surface area contributed by atoms with Crippen LogP contribution < -0.4 is 14.8 Å². The van der Waals surface area contributed by atoms with Crippen molar-refractivity contribution >= 4 is 17.6 Å². The Hall–Kier alpha value is -4.73. The molecule has 0 saturated heterocycles. The normalized spacial score (nSPS) is 14.2. The van der Waals surface area contributed by atoms with Gasteiger partial charge in [0.05, 0.1) is 20.6 Å². The van der Waals surface area contributed by atoms with Gasteiger partial charge in [-0.2, -0.15) is 5.10 Å². The molecule has 2 aromatic heterocycles. The molecule has 2 aromatic carbocycles. The van der Waals surface area contributed by atoms with E-state index in [0.717, 1.165) is 11.1 Å². The summed E-state index contributed by atoms with van der Waals surface area (Å²) in [5.41, 5.74) is 2.98. The highest BCUT2D eigenvalue weighted by atomic mass is 16.6.